The number of rotatable bonds is 5. The van der Waals surface area contributed by atoms with Crippen LogP contribution in [0.2, 0.25) is 0 Å². The van der Waals surface area contributed by atoms with Crippen molar-refractivity contribution in [2.24, 2.45) is 5.92 Å². The molecule has 2 heterocycles. The Bertz CT molecular complexity index is 480. The standard InChI is InChI=1S/C18H26N2S/c1-2-6-18-16(5-1)17(9-11-21-18)20(12-14-7-8-14)13-15-4-3-10-19-15/h1-2,5-6,14-15,17,19H,3-4,7-13H2. The van der Waals surface area contributed by atoms with Gasteiger partial charge in [-0.05, 0) is 61.9 Å². The highest BCUT2D eigenvalue weighted by Gasteiger charge is 2.33. The quantitative estimate of drug-likeness (QED) is 0.893. The van der Waals surface area contributed by atoms with Gasteiger partial charge in [0.1, 0.15) is 0 Å². The predicted molar refractivity (Wildman–Crippen MR) is 89.8 cm³/mol. The van der Waals surface area contributed by atoms with Crippen molar-refractivity contribution in [3.05, 3.63) is 29.8 Å². The molecule has 0 aromatic heterocycles. The summed E-state index contributed by atoms with van der Waals surface area (Å²) in [4.78, 5) is 4.34. The molecular weight excluding hydrogens is 276 g/mol. The van der Waals surface area contributed by atoms with Crippen LogP contribution in [0.25, 0.3) is 0 Å². The fourth-order valence-corrected chi connectivity index (χ4v) is 4.97. The molecule has 2 aliphatic heterocycles. The molecule has 0 amide bonds. The lowest BCUT2D eigenvalue weighted by atomic mass is 10.0. The molecule has 0 radical (unpaired) electrons. The molecule has 1 saturated carbocycles. The number of thioether (sulfide) groups is 1. The van der Waals surface area contributed by atoms with Gasteiger partial charge in [-0.1, -0.05) is 18.2 Å². The normalized spacial score (nSPS) is 28.8. The van der Waals surface area contributed by atoms with Crippen LogP contribution in [0, 0.1) is 5.92 Å². The molecule has 2 atom stereocenters. The van der Waals surface area contributed by atoms with E-state index in [2.05, 4.69) is 34.5 Å². The van der Waals surface area contributed by atoms with Crippen molar-refractivity contribution in [2.75, 3.05) is 25.4 Å². The first-order valence-electron chi connectivity index (χ1n) is 8.59. The zero-order chi connectivity index (χ0) is 14.1. The highest BCUT2D eigenvalue weighted by atomic mass is 32.2. The van der Waals surface area contributed by atoms with E-state index in [4.69, 9.17) is 0 Å². The number of hydrogen-bond donors (Lipinski definition) is 1. The van der Waals surface area contributed by atoms with Crippen molar-refractivity contribution >= 4 is 11.8 Å². The Balaban J connectivity index is 1.54. The minimum absolute atomic E-state index is 0.658. The van der Waals surface area contributed by atoms with Crippen molar-refractivity contribution < 1.29 is 0 Å². The molecule has 3 heteroatoms. The van der Waals surface area contributed by atoms with E-state index in [0.717, 1.165) is 12.0 Å². The Hall–Kier alpha value is -0.510. The van der Waals surface area contributed by atoms with Gasteiger partial charge in [0, 0.05) is 30.1 Å². The van der Waals surface area contributed by atoms with Crippen LogP contribution in [0.4, 0.5) is 0 Å². The Morgan fingerprint density at radius 2 is 2.00 bits per heavy atom. The average molecular weight is 302 g/mol. The van der Waals surface area contributed by atoms with Gasteiger partial charge in [0.05, 0.1) is 0 Å². The molecule has 4 rings (SSSR count). The van der Waals surface area contributed by atoms with Crippen LogP contribution in [0.5, 0.6) is 0 Å². The van der Waals surface area contributed by atoms with Crippen molar-refractivity contribution in [1.82, 2.24) is 10.2 Å². The molecule has 0 spiro atoms. The van der Waals surface area contributed by atoms with Crippen LogP contribution in [0.15, 0.2) is 29.2 Å². The van der Waals surface area contributed by atoms with Crippen LogP contribution < -0.4 is 5.32 Å². The van der Waals surface area contributed by atoms with Gasteiger partial charge in [-0.3, -0.25) is 4.90 Å². The van der Waals surface area contributed by atoms with Crippen molar-refractivity contribution in [1.29, 1.82) is 0 Å². The lowest BCUT2D eigenvalue weighted by Crippen LogP contribution is -2.41. The lowest BCUT2D eigenvalue weighted by molar-refractivity contribution is 0.166. The molecule has 2 unspecified atom stereocenters. The van der Waals surface area contributed by atoms with Gasteiger partial charge in [0.15, 0.2) is 0 Å². The van der Waals surface area contributed by atoms with Crippen LogP contribution >= 0.6 is 11.8 Å². The van der Waals surface area contributed by atoms with Crippen molar-refractivity contribution in [2.45, 2.75) is 49.1 Å². The second-order valence-corrected chi connectivity index (χ2v) is 8.02. The number of benzene rings is 1. The summed E-state index contributed by atoms with van der Waals surface area (Å²) in [7, 11) is 0. The summed E-state index contributed by atoms with van der Waals surface area (Å²) in [6.45, 7) is 3.79. The summed E-state index contributed by atoms with van der Waals surface area (Å²) in [5.74, 6) is 2.26. The molecule has 1 aliphatic carbocycles. The third-order valence-electron chi connectivity index (χ3n) is 5.17. The summed E-state index contributed by atoms with van der Waals surface area (Å²) in [6.07, 6.45) is 6.96. The second-order valence-electron chi connectivity index (χ2n) is 6.88. The third-order valence-corrected chi connectivity index (χ3v) is 6.30. The Morgan fingerprint density at radius 3 is 2.81 bits per heavy atom. The summed E-state index contributed by atoms with van der Waals surface area (Å²) < 4.78 is 0. The molecule has 1 aromatic carbocycles. The van der Waals surface area contributed by atoms with Crippen LogP contribution in [-0.4, -0.2) is 36.3 Å². The molecule has 2 nitrogen and oxygen atoms in total. The van der Waals surface area contributed by atoms with E-state index in [9.17, 15) is 0 Å². The third kappa shape index (κ3) is 3.30. The first-order valence-corrected chi connectivity index (χ1v) is 9.58. The lowest BCUT2D eigenvalue weighted by Gasteiger charge is -2.37. The SMILES string of the molecule is c1ccc2c(c1)SCCC2N(CC1CC1)CC1CCCN1. The van der Waals surface area contributed by atoms with Crippen molar-refractivity contribution in [3.8, 4) is 0 Å². The van der Waals surface area contributed by atoms with Crippen molar-refractivity contribution in [3.63, 3.8) is 0 Å². The van der Waals surface area contributed by atoms with Crippen LogP contribution in [0.1, 0.15) is 43.7 Å². The van der Waals surface area contributed by atoms with Crippen LogP contribution in [0.3, 0.4) is 0 Å². The van der Waals surface area contributed by atoms with Gasteiger partial charge in [-0.15, -0.1) is 11.8 Å². The van der Waals surface area contributed by atoms with Gasteiger partial charge in [0.2, 0.25) is 0 Å². The number of nitrogens with one attached hydrogen (secondary N) is 1. The minimum atomic E-state index is 0.658. The van der Waals surface area contributed by atoms with Gasteiger partial charge in [-0.25, -0.2) is 0 Å². The summed E-state index contributed by atoms with van der Waals surface area (Å²) in [5.41, 5.74) is 1.59. The molecule has 114 valence electrons. The molecule has 3 aliphatic rings. The zero-order valence-electron chi connectivity index (χ0n) is 12.8. The second kappa shape index (κ2) is 6.31. The molecule has 1 aromatic rings. The zero-order valence-corrected chi connectivity index (χ0v) is 13.6. The van der Waals surface area contributed by atoms with E-state index in [0.29, 0.717) is 6.04 Å². The van der Waals surface area contributed by atoms with Gasteiger partial charge in [-0.2, -0.15) is 0 Å². The largest absolute Gasteiger partial charge is 0.313 e. The first-order chi connectivity index (χ1) is 10.4. The molecular formula is C18H26N2S. The van der Waals surface area contributed by atoms with Gasteiger partial charge >= 0.3 is 0 Å². The molecule has 1 saturated heterocycles. The van der Waals surface area contributed by atoms with E-state index < -0.39 is 0 Å². The number of nitrogens with zero attached hydrogens (tertiary/aromatic N) is 1. The highest BCUT2D eigenvalue weighted by Crippen LogP contribution is 2.41. The Labute approximate surface area is 132 Å². The number of hydrogen-bond acceptors (Lipinski definition) is 3. The molecule has 21 heavy (non-hydrogen) atoms. The van der Waals surface area contributed by atoms with E-state index in [1.54, 1.807) is 5.56 Å². The Kier molecular flexibility index (Phi) is 4.24. The topological polar surface area (TPSA) is 15.3 Å². The van der Waals surface area contributed by atoms with E-state index >= 15 is 0 Å². The molecule has 0 bridgehead atoms. The summed E-state index contributed by atoms with van der Waals surface area (Å²) in [6, 6.07) is 10.5. The first kappa shape index (κ1) is 14.1. The summed E-state index contributed by atoms with van der Waals surface area (Å²) >= 11 is 2.04. The van der Waals surface area contributed by atoms with Crippen LogP contribution in [-0.2, 0) is 0 Å². The van der Waals surface area contributed by atoms with Gasteiger partial charge in [0.25, 0.3) is 0 Å². The maximum absolute atomic E-state index is 3.70. The highest BCUT2D eigenvalue weighted by molar-refractivity contribution is 7.99. The monoisotopic (exact) mass is 302 g/mol. The fraction of sp³-hybridized carbons (Fsp3) is 0.667. The number of fused-ring (bicyclic) bond motifs is 1. The average Bonchev–Trinajstić information content (AvgIpc) is 3.19. The minimum Gasteiger partial charge on any atom is -0.313 e. The maximum atomic E-state index is 3.70. The maximum Gasteiger partial charge on any atom is 0.0367 e. The summed E-state index contributed by atoms with van der Waals surface area (Å²) in [5, 5.41) is 3.70. The Morgan fingerprint density at radius 1 is 1.10 bits per heavy atom. The molecule has 1 N–H and O–H groups in total. The van der Waals surface area contributed by atoms with Gasteiger partial charge < -0.3 is 5.32 Å². The fourth-order valence-electron chi connectivity index (χ4n) is 3.86. The van der Waals surface area contributed by atoms with E-state index in [1.165, 1.54) is 62.4 Å². The van der Waals surface area contributed by atoms with E-state index in [1.807, 2.05) is 11.8 Å². The predicted octanol–water partition coefficient (Wildman–Crippen LogP) is 3.69. The van der Waals surface area contributed by atoms with E-state index in [-0.39, 0.29) is 0 Å². The smallest absolute Gasteiger partial charge is 0.0367 e. The molecule has 2 fully saturated rings.